The second-order valence-corrected chi connectivity index (χ2v) is 4.62. The van der Waals surface area contributed by atoms with Crippen molar-refractivity contribution in [3.8, 4) is 0 Å². The lowest BCUT2D eigenvalue weighted by molar-refractivity contribution is -0.146. The summed E-state index contributed by atoms with van der Waals surface area (Å²) in [5, 5.41) is 8.44. The summed E-state index contributed by atoms with van der Waals surface area (Å²) in [6.45, 7) is 0.695. The van der Waals surface area contributed by atoms with Crippen LogP contribution in [0.5, 0.6) is 0 Å². The van der Waals surface area contributed by atoms with Crippen LogP contribution in [0.4, 0.5) is 0 Å². The highest BCUT2D eigenvalue weighted by molar-refractivity contribution is 5.72. The van der Waals surface area contributed by atoms with Gasteiger partial charge in [-0.05, 0) is 19.3 Å². The predicted octanol–water partition coefficient (Wildman–Crippen LogP) is 0.891. The van der Waals surface area contributed by atoms with E-state index in [2.05, 4.69) is 14.8 Å². The van der Waals surface area contributed by atoms with Gasteiger partial charge in [-0.25, -0.2) is 0 Å². The fraction of sp³-hybridized carbons (Fsp3) is 0.727. The normalized spacial score (nSPS) is 23.9. The number of aromatic nitrogens is 3. The van der Waals surface area contributed by atoms with Crippen molar-refractivity contribution in [2.75, 3.05) is 7.11 Å². The maximum atomic E-state index is 11.5. The number of fused-ring (bicyclic) bond motifs is 1. The third kappa shape index (κ3) is 1.50. The van der Waals surface area contributed by atoms with E-state index < -0.39 is 0 Å². The number of aryl methyl sites for hydroxylation is 1. The van der Waals surface area contributed by atoms with E-state index >= 15 is 0 Å². The van der Waals surface area contributed by atoms with E-state index in [0.29, 0.717) is 12.5 Å². The average molecular weight is 221 g/mol. The van der Waals surface area contributed by atoms with Gasteiger partial charge in [0.1, 0.15) is 11.6 Å². The number of carbonyl (C=O) groups is 1. The molecule has 1 saturated carbocycles. The Hall–Kier alpha value is -1.39. The molecule has 5 heteroatoms. The maximum Gasteiger partial charge on any atom is 0.310 e. The first-order chi connectivity index (χ1) is 7.79. The molecule has 1 unspecified atom stereocenters. The molecule has 5 nitrogen and oxygen atoms in total. The highest BCUT2D eigenvalue weighted by Gasteiger charge is 2.34. The number of rotatable bonds is 2. The Labute approximate surface area is 93.8 Å². The quantitative estimate of drug-likeness (QED) is 0.696. The van der Waals surface area contributed by atoms with Gasteiger partial charge in [0.2, 0.25) is 0 Å². The molecule has 2 heterocycles. The van der Waals surface area contributed by atoms with Gasteiger partial charge < -0.3 is 9.30 Å². The predicted molar refractivity (Wildman–Crippen MR) is 55.8 cm³/mol. The van der Waals surface area contributed by atoms with E-state index in [1.54, 1.807) is 0 Å². The van der Waals surface area contributed by atoms with Crippen LogP contribution in [0.1, 0.15) is 36.8 Å². The Balaban J connectivity index is 1.85. The molecule has 1 aliphatic carbocycles. The van der Waals surface area contributed by atoms with Crippen LogP contribution in [0.25, 0.3) is 0 Å². The van der Waals surface area contributed by atoms with Crippen molar-refractivity contribution in [1.29, 1.82) is 0 Å². The van der Waals surface area contributed by atoms with Gasteiger partial charge in [0.05, 0.1) is 13.0 Å². The molecule has 1 fully saturated rings. The number of hydrogen-bond acceptors (Lipinski definition) is 4. The molecule has 1 aromatic heterocycles. The molecule has 0 aromatic carbocycles. The molecule has 2 aliphatic rings. The van der Waals surface area contributed by atoms with Crippen molar-refractivity contribution in [2.24, 2.45) is 5.92 Å². The molecule has 0 radical (unpaired) electrons. The van der Waals surface area contributed by atoms with Crippen molar-refractivity contribution in [2.45, 2.75) is 38.1 Å². The van der Waals surface area contributed by atoms with Crippen molar-refractivity contribution in [1.82, 2.24) is 14.8 Å². The average Bonchev–Trinajstić information content (AvgIpc) is 3.08. The standard InChI is InChI=1S/C11H15N3O2/c1-16-11(15)8-4-5-9-12-13-10(7-2-3-7)14(9)6-8/h7-8H,2-6H2,1H3. The molecule has 16 heavy (non-hydrogen) atoms. The van der Waals surface area contributed by atoms with Crippen LogP contribution in [0.3, 0.4) is 0 Å². The Bertz CT molecular complexity index is 423. The fourth-order valence-corrected chi connectivity index (χ4v) is 2.35. The summed E-state index contributed by atoms with van der Waals surface area (Å²) < 4.78 is 6.93. The zero-order valence-corrected chi connectivity index (χ0v) is 9.35. The third-order valence-electron chi connectivity index (χ3n) is 3.45. The molecule has 3 rings (SSSR count). The van der Waals surface area contributed by atoms with Gasteiger partial charge >= 0.3 is 5.97 Å². The van der Waals surface area contributed by atoms with Crippen molar-refractivity contribution in [3.05, 3.63) is 11.6 Å². The Kier molecular flexibility index (Phi) is 2.19. The molecule has 0 amide bonds. The van der Waals surface area contributed by atoms with Crippen LogP contribution >= 0.6 is 0 Å². The molecule has 86 valence electrons. The number of methoxy groups -OCH3 is 1. The van der Waals surface area contributed by atoms with Crippen molar-refractivity contribution >= 4 is 5.97 Å². The zero-order chi connectivity index (χ0) is 11.1. The summed E-state index contributed by atoms with van der Waals surface area (Å²) in [4.78, 5) is 11.5. The lowest BCUT2D eigenvalue weighted by atomic mass is 9.99. The van der Waals surface area contributed by atoms with Crippen LogP contribution in [0, 0.1) is 5.92 Å². The molecule has 0 spiro atoms. The highest BCUT2D eigenvalue weighted by Crippen LogP contribution is 2.40. The highest BCUT2D eigenvalue weighted by atomic mass is 16.5. The van der Waals surface area contributed by atoms with E-state index in [1.165, 1.54) is 20.0 Å². The zero-order valence-electron chi connectivity index (χ0n) is 9.35. The number of ether oxygens (including phenoxy) is 1. The molecule has 0 N–H and O–H groups in total. The first kappa shape index (κ1) is 9.81. The summed E-state index contributed by atoms with van der Waals surface area (Å²) in [5.41, 5.74) is 0. The van der Waals surface area contributed by atoms with Crippen LogP contribution in [-0.4, -0.2) is 27.8 Å². The van der Waals surface area contributed by atoms with Crippen LogP contribution < -0.4 is 0 Å². The summed E-state index contributed by atoms with van der Waals surface area (Å²) >= 11 is 0. The molecule has 0 bridgehead atoms. The number of esters is 1. The summed E-state index contributed by atoms with van der Waals surface area (Å²) in [6, 6.07) is 0. The number of nitrogens with zero attached hydrogens (tertiary/aromatic N) is 3. The molecular weight excluding hydrogens is 206 g/mol. The Morgan fingerprint density at radius 1 is 1.38 bits per heavy atom. The first-order valence-electron chi connectivity index (χ1n) is 5.79. The van der Waals surface area contributed by atoms with Gasteiger partial charge in [-0.2, -0.15) is 0 Å². The Morgan fingerprint density at radius 2 is 2.19 bits per heavy atom. The van der Waals surface area contributed by atoms with Crippen LogP contribution in [0.2, 0.25) is 0 Å². The van der Waals surface area contributed by atoms with Gasteiger partial charge in [-0.1, -0.05) is 0 Å². The number of carbonyl (C=O) groups excluding carboxylic acids is 1. The second kappa shape index (κ2) is 3.57. The van der Waals surface area contributed by atoms with Crippen molar-refractivity contribution < 1.29 is 9.53 Å². The molecule has 1 atom stereocenters. The minimum atomic E-state index is -0.110. The molecule has 1 aromatic rings. The SMILES string of the molecule is COC(=O)C1CCc2nnc(C3CC3)n2C1. The van der Waals surface area contributed by atoms with E-state index in [-0.39, 0.29) is 11.9 Å². The van der Waals surface area contributed by atoms with E-state index in [4.69, 9.17) is 4.74 Å². The first-order valence-corrected chi connectivity index (χ1v) is 5.79. The lowest BCUT2D eigenvalue weighted by Gasteiger charge is -2.22. The van der Waals surface area contributed by atoms with Crippen molar-refractivity contribution in [3.63, 3.8) is 0 Å². The second-order valence-electron chi connectivity index (χ2n) is 4.62. The topological polar surface area (TPSA) is 57.0 Å². The fourth-order valence-electron chi connectivity index (χ4n) is 2.35. The smallest absolute Gasteiger partial charge is 0.310 e. The van der Waals surface area contributed by atoms with E-state index in [1.807, 2.05) is 0 Å². The van der Waals surface area contributed by atoms with Gasteiger partial charge in [0.25, 0.3) is 0 Å². The molecule has 0 saturated heterocycles. The van der Waals surface area contributed by atoms with E-state index in [9.17, 15) is 4.79 Å². The molecule has 1 aliphatic heterocycles. The Morgan fingerprint density at radius 3 is 2.88 bits per heavy atom. The summed E-state index contributed by atoms with van der Waals surface area (Å²) in [7, 11) is 1.45. The van der Waals surface area contributed by atoms with Gasteiger partial charge in [-0.3, -0.25) is 4.79 Å². The van der Waals surface area contributed by atoms with Gasteiger partial charge in [0, 0.05) is 18.9 Å². The lowest BCUT2D eigenvalue weighted by Crippen LogP contribution is -2.28. The van der Waals surface area contributed by atoms with Crippen LogP contribution in [-0.2, 0) is 22.5 Å². The molecular formula is C11H15N3O2. The minimum Gasteiger partial charge on any atom is -0.469 e. The van der Waals surface area contributed by atoms with E-state index in [0.717, 1.165) is 24.5 Å². The largest absolute Gasteiger partial charge is 0.469 e. The third-order valence-corrected chi connectivity index (χ3v) is 3.45. The monoisotopic (exact) mass is 221 g/mol. The minimum absolute atomic E-state index is 0.0222. The van der Waals surface area contributed by atoms with Gasteiger partial charge in [-0.15, -0.1) is 10.2 Å². The number of hydrogen-bond donors (Lipinski definition) is 0. The summed E-state index contributed by atoms with van der Waals surface area (Å²) in [5.74, 6) is 2.55. The van der Waals surface area contributed by atoms with Crippen LogP contribution in [0.15, 0.2) is 0 Å². The maximum absolute atomic E-state index is 11.5. The van der Waals surface area contributed by atoms with Gasteiger partial charge in [0.15, 0.2) is 0 Å². The summed E-state index contributed by atoms with van der Waals surface area (Å²) in [6.07, 6.45) is 4.08.